The molecule has 7 nitrogen and oxygen atoms in total. The minimum atomic E-state index is -0.937. The third-order valence-electron chi connectivity index (χ3n) is 7.27. The monoisotopic (exact) mass is 465 g/mol. The van der Waals surface area contributed by atoms with Crippen LogP contribution in [0.1, 0.15) is 42.0 Å². The van der Waals surface area contributed by atoms with Gasteiger partial charge < -0.3 is 20.1 Å². The van der Waals surface area contributed by atoms with Crippen LogP contribution in [-0.4, -0.2) is 65.0 Å². The van der Waals surface area contributed by atoms with Crippen molar-refractivity contribution in [1.82, 2.24) is 9.80 Å². The average Bonchev–Trinajstić information content (AvgIpc) is 3.06. The van der Waals surface area contributed by atoms with Crippen LogP contribution in [0.4, 0.5) is 5.69 Å². The Morgan fingerprint density at radius 2 is 1.76 bits per heavy atom. The second-order valence-corrected chi connectivity index (χ2v) is 9.70. The highest BCUT2D eigenvalue weighted by atomic mass is 16.5. The van der Waals surface area contributed by atoms with Gasteiger partial charge in [0.25, 0.3) is 5.91 Å². The maximum atomic E-state index is 13.6. The third kappa shape index (κ3) is 4.75. The van der Waals surface area contributed by atoms with E-state index in [1.807, 2.05) is 62.9 Å². The number of aromatic hydroxyl groups is 1. The number of phenolic OH excluding ortho intramolecular Hbond substituents is 1. The molecule has 2 N–H and O–H groups in total. The lowest BCUT2D eigenvalue weighted by Gasteiger charge is -2.39. The Morgan fingerprint density at radius 1 is 1.03 bits per heavy atom. The number of nitrogens with zero attached hydrogens (tertiary/aromatic N) is 2. The molecule has 2 aromatic rings. The minimum absolute atomic E-state index is 0.00322. The molecule has 7 heteroatoms. The normalized spacial score (nSPS) is 20.8. The summed E-state index contributed by atoms with van der Waals surface area (Å²) in [7, 11) is 0. The van der Waals surface area contributed by atoms with Gasteiger partial charge in [-0.1, -0.05) is 18.2 Å². The van der Waals surface area contributed by atoms with Gasteiger partial charge >= 0.3 is 0 Å². The first-order valence-electron chi connectivity index (χ1n) is 12.1. The standard InChI is InChI=1S/C27H35N3O4/c1-18-19(2)25-22(20(3)24(18)32)11-12-27(4,34-25)26(33)30-14-8-13-29(15-16-30)17-23(31)28-21-9-6-5-7-10-21/h5-7,9-10,32H,8,11-17H2,1-4H3,(H,28,31). The van der Waals surface area contributed by atoms with E-state index < -0.39 is 5.60 Å². The van der Waals surface area contributed by atoms with Crippen molar-refractivity contribution in [1.29, 1.82) is 0 Å². The summed E-state index contributed by atoms with van der Waals surface area (Å²) in [5.74, 6) is 1.01. The number of benzene rings is 2. The Balaban J connectivity index is 1.40. The van der Waals surface area contributed by atoms with Gasteiger partial charge in [0.05, 0.1) is 6.54 Å². The lowest BCUT2D eigenvalue weighted by molar-refractivity contribution is -0.148. The molecule has 0 aromatic heterocycles. The summed E-state index contributed by atoms with van der Waals surface area (Å²) >= 11 is 0. The maximum Gasteiger partial charge on any atom is 0.266 e. The fraction of sp³-hybridized carbons (Fsp3) is 0.481. The number of nitrogens with one attached hydrogen (secondary N) is 1. The maximum absolute atomic E-state index is 13.6. The van der Waals surface area contributed by atoms with Crippen LogP contribution in [0.3, 0.4) is 0 Å². The molecule has 0 spiro atoms. The largest absolute Gasteiger partial charge is 0.507 e. The lowest BCUT2D eigenvalue weighted by Crippen LogP contribution is -2.53. The number of ether oxygens (including phenoxy) is 1. The molecule has 34 heavy (non-hydrogen) atoms. The van der Waals surface area contributed by atoms with E-state index >= 15 is 0 Å². The Hall–Kier alpha value is -3.06. The summed E-state index contributed by atoms with van der Waals surface area (Å²) in [6.45, 7) is 10.5. The van der Waals surface area contributed by atoms with E-state index in [0.717, 1.165) is 46.7 Å². The summed E-state index contributed by atoms with van der Waals surface area (Å²) in [6, 6.07) is 9.44. The van der Waals surface area contributed by atoms with Crippen molar-refractivity contribution in [2.45, 2.75) is 52.6 Å². The van der Waals surface area contributed by atoms with E-state index in [9.17, 15) is 14.7 Å². The summed E-state index contributed by atoms with van der Waals surface area (Å²) in [6.07, 6.45) is 2.07. The predicted molar refractivity (Wildman–Crippen MR) is 132 cm³/mol. The Labute approximate surface area is 201 Å². The zero-order valence-corrected chi connectivity index (χ0v) is 20.6. The van der Waals surface area contributed by atoms with Crippen LogP contribution in [0, 0.1) is 20.8 Å². The fourth-order valence-corrected chi connectivity index (χ4v) is 4.99. The summed E-state index contributed by atoms with van der Waals surface area (Å²) < 4.78 is 6.40. The molecule has 1 atom stereocenters. The minimum Gasteiger partial charge on any atom is -0.507 e. The van der Waals surface area contributed by atoms with Crippen LogP contribution in [-0.2, 0) is 16.0 Å². The van der Waals surface area contributed by atoms with Gasteiger partial charge in [-0.25, -0.2) is 0 Å². The quantitative estimate of drug-likeness (QED) is 0.721. The van der Waals surface area contributed by atoms with Gasteiger partial charge in [-0.2, -0.15) is 0 Å². The van der Waals surface area contributed by atoms with Crippen LogP contribution in [0.2, 0.25) is 0 Å². The van der Waals surface area contributed by atoms with Crippen LogP contribution in [0.5, 0.6) is 11.5 Å². The number of carbonyl (C=O) groups excluding carboxylic acids is 2. The van der Waals surface area contributed by atoms with Gasteiger partial charge in [-0.3, -0.25) is 14.5 Å². The average molecular weight is 466 g/mol. The first-order valence-corrected chi connectivity index (χ1v) is 12.1. The van der Waals surface area contributed by atoms with Crippen molar-refractivity contribution in [3.05, 3.63) is 52.6 Å². The molecule has 2 aliphatic heterocycles. The number of hydrogen-bond acceptors (Lipinski definition) is 5. The number of carbonyl (C=O) groups is 2. The molecule has 2 heterocycles. The molecular weight excluding hydrogens is 430 g/mol. The van der Waals surface area contributed by atoms with E-state index in [4.69, 9.17) is 4.74 Å². The number of hydrogen-bond donors (Lipinski definition) is 2. The number of anilines is 1. The molecule has 1 saturated heterocycles. The van der Waals surface area contributed by atoms with E-state index in [0.29, 0.717) is 44.8 Å². The molecule has 0 saturated carbocycles. The van der Waals surface area contributed by atoms with Gasteiger partial charge in [0, 0.05) is 43.9 Å². The highest BCUT2D eigenvalue weighted by Gasteiger charge is 2.43. The number of fused-ring (bicyclic) bond motifs is 1. The molecule has 0 aliphatic carbocycles. The SMILES string of the molecule is Cc1c(C)c2c(c(C)c1O)CCC(C)(C(=O)N1CCCN(CC(=O)Nc3ccccc3)CC1)O2. The van der Waals surface area contributed by atoms with E-state index in [1.165, 1.54) is 0 Å². The predicted octanol–water partition coefficient (Wildman–Crippen LogP) is 3.57. The van der Waals surface area contributed by atoms with Crippen molar-refractivity contribution < 1.29 is 19.4 Å². The molecule has 182 valence electrons. The second kappa shape index (κ2) is 9.66. The third-order valence-corrected chi connectivity index (χ3v) is 7.27. The van der Waals surface area contributed by atoms with Gasteiger partial charge in [-0.05, 0) is 69.4 Å². The topological polar surface area (TPSA) is 82.1 Å². The van der Waals surface area contributed by atoms with Gasteiger partial charge in [0.15, 0.2) is 5.60 Å². The number of para-hydroxylation sites is 1. The number of phenols is 1. The molecule has 2 aliphatic rings. The Bertz CT molecular complexity index is 1090. The highest BCUT2D eigenvalue weighted by Crippen LogP contribution is 2.43. The van der Waals surface area contributed by atoms with Crippen molar-refractivity contribution in [2.75, 3.05) is 38.0 Å². The van der Waals surface area contributed by atoms with Crippen molar-refractivity contribution in [2.24, 2.45) is 0 Å². The Morgan fingerprint density at radius 3 is 2.50 bits per heavy atom. The molecule has 2 aromatic carbocycles. The van der Waals surface area contributed by atoms with Crippen LogP contribution < -0.4 is 10.1 Å². The van der Waals surface area contributed by atoms with Gasteiger partial charge in [0.2, 0.25) is 5.91 Å². The van der Waals surface area contributed by atoms with E-state index in [1.54, 1.807) is 0 Å². The van der Waals surface area contributed by atoms with Crippen molar-refractivity contribution in [3.8, 4) is 11.5 Å². The van der Waals surface area contributed by atoms with Crippen LogP contribution in [0.15, 0.2) is 30.3 Å². The van der Waals surface area contributed by atoms with E-state index in [-0.39, 0.29) is 11.8 Å². The molecular formula is C27H35N3O4. The molecule has 1 unspecified atom stereocenters. The Kier molecular flexibility index (Phi) is 6.84. The fourth-order valence-electron chi connectivity index (χ4n) is 4.99. The van der Waals surface area contributed by atoms with Crippen molar-refractivity contribution >= 4 is 17.5 Å². The smallest absolute Gasteiger partial charge is 0.266 e. The second-order valence-electron chi connectivity index (χ2n) is 9.70. The zero-order chi connectivity index (χ0) is 24.5. The molecule has 0 radical (unpaired) electrons. The molecule has 4 rings (SSSR count). The number of amides is 2. The first-order chi connectivity index (χ1) is 16.2. The lowest BCUT2D eigenvalue weighted by atomic mass is 9.86. The van der Waals surface area contributed by atoms with Gasteiger partial charge in [-0.15, -0.1) is 0 Å². The van der Waals surface area contributed by atoms with Gasteiger partial charge in [0.1, 0.15) is 11.5 Å². The molecule has 1 fully saturated rings. The first kappa shape index (κ1) is 24.1. The molecule has 2 amide bonds. The summed E-state index contributed by atoms with van der Waals surface area (Å²) in [4.78, 5) is 30.1. The highest BCUT2D eigenvalue weighted by molar-refractivity contribution is 5.92. The number of rotatable bonds is 4. The van der Waals surface area contributed by atoms with E-state index in [2.05, 4.69) is 10.2 Å². The van der Waals surface area contributed by atoms with Crippen LogP contribution in [0.25, 0.3) is 0 Å². The van der Waals surface area contributed by atoms with Crippen LogP contribution >= 0.6 is 0 Å². The molecule has 0 bridgehead atoms. The van der Waals surface area contributed by atoms with Crippen molar-refractivity contribution in [3.63, 3.8) is 0 Å². The summed E-state index contributed by atoms with van der Waals surface area (Å²) in [5, 5.41) is 13.4. The zero-order valence-electron chi connectivity index (χ0n) is 20.6. The summed E-state index contributed by atoms with van der Waals surface area (Å²) in [5.41, 5.74) is 3.38.